The Kier molecular flexibility index (Phi) is 14.4. The summed E-state index contributed by atoms with van der Waals surface area (Å²) >= 11 is 9.34. The number of carbonyl (C=O) groups is 2. The summed E-state index contributed by atoms with van der Waals surface area (Å²) in [4.78, 5) is 31.4. The largest absolute Gasteiger partial charge is 0.488 e. The number of hydrogen-bond acceptors (Lipinski definition) is 16. The van der Waals surface area contributed by atoms with Gasteiger partial charge in [-0.25, -0.2) is 9.97 Å². The number of aromatic nitrogens is 2. The van der Waals surface area contributed by atoms with Crippen molar-refractivity contribution in [2.75, 3.05) is 25.7 Å². The highest BCUT2D eigenvalue weighted by Crippen LogP contribution is 2.44. The summed E-state index contributed by atoms with van der Waals surface area (Å²) in [5.41, 5.74) is 23.7. The smallest absolute Gasteiger partial charge is 0.487 e. The van der Waals surface area contributed by atoms with Crippen LogP contribution in [0.15, 0.2) is 51.2 Å². The van der Waals surface area contributed by atoms with Crippen LogP contribution in [0, 0.1) is 6.92 Å². The van der Waals surface area contributed by atoms with Crippen LogP contribution in [0.25, 0.3) is 30.6 Å². The molecule has 2 aliphatic rings. The number of fused-ring (bicyclic) bond motifs is 2. The van der Waals surface area contributed by atoms with Gasteiger partial charge in [0.15, 0.2) is 10.1 Å². The van der Waals surface area contributed by atoms with E-state index in [2.05, 4.69) is 25.9 Å². The standard InChI is InChI=1S/C13H11N3O2S2.C12H24B2O4.C8H6BrN3OS.C6H8OS/c1-18-13-6(2-3-19-13)9-4-7-10(20-9)8(12(15)17)5-16-11(7)14;1-9(2)10(3,4)16-13(15-9)14-17-11(5,6)12(7,8)18-14;9-5-1-3-6(14-5)4(8(11)13)2-12-7(3)10;1-5-3-4-8-6(5)7-2/h2-5H,1H3,(H2,14,16)(H2,15,17);1-8H3;1-2H,(H2,10,12)(H2,11,13);3-4H,1-2H3. The Balaban J connectivity index is 0.000000158. The topological polar surface area (TPSA) is 219 Å². The lowest BCUT2D eigenvalue weighted by molar-refractivity contribution is 0.00578. The summed E-state index contributed by atoms with van der Waals surface area (Å²) in [7, 11) is 2.37. The first-order valence-corrected chi connectivity index (χ1v) is 22.6. The number of carbonyl (C=O) groups excluding carboxylic acids is 2. The predicted octanol–water partition coefficient (Wildman–Crippen LogP) is 8.77. The minimum atomic E-state index is -0.506. The molecule has 2 saturated heterocycles. The van der Waals surface area contributed by atoms with E-state index in [4.69, 9.17) is 51.0 Å². The number of amides is 2. The number of anilines is 2. The summed E-state index contributed by atoms with van der Waals surface area (Å²) < 4.78 is 36.6. The van der Waals surface area contributed by atoms with E-state index in [1.54, 1.807) is 25.6 Å². The van der Waals surface area contributed by atoms with Crippen molar-refractivity contribution >= 4 is 119 Å². The van der Waals surface area contributed by atoms with E-state index in [-0.39, 0.29) is 22.4 Å². The molecule has 2 amide bonds. The Hall–Kier alpha value is -3.79. The van der Waals surface area contributed by atoms with Gasteiger partial charge in [-0.2, -0.15) is 0 Å². The van der Waals surface area contributed by atoms with Gasteiger partial charge in [-0.1, -0.05) is 0 Å². The molecule has 6 aromatic heterocycles. The first-order valence-electron chi connectivity index (χ1n) is 18.5. The molecule has 0 radical (unpaired) electrons. The lowest BCUT2D eigenvalue weighted by atomic mass is 9.49. The van der Waals surface area contributed by atoms with Gasteiger partial charge in [-0.05, 0) is 113 Å². The summed E-state index contributed by atoms with van der Waals surface area (Å²) in [6.45, 7) is 18.2. The van der Waals surface area contributed by atoms with Crippen molar-refractivity contribution in [3.8, 4) is 20.6 Å². The monoisotopic (exact) mass is 958 g/mol. The third kappa shape index (κ3) is 9.95. The van der Waals surface area contributed by atoms with Crippen LogP contribution in [0.2, 0.25) is 0 Å². The maximum atomic E-state index is 11.5. The average molecular weight is 960 g/mol. The van der Waals surface area contributed by atoms with Crippen molar-refractivity contribution in [1.82, 2.24) is 9.97 Å². The van der Waals surface area contributed by atoms with Crippen LogP contribution in [0.4, 0.5) is 11.6 Å². The Morgan fingerprint density at radius 2 is 1.10 bits per heavy atom. The third-order valence-corrected chi connectivity index (χ3v) is 15.2. The van der Waals surface area contributed by atoms with E-state index in [0.717, 1.165) is 44.5 Å². The van der Waals surface area contributed by atoms with Crippen LogP contribution >= 0.6 is 61.3 Å². The second-order valence-corrected chi connectivity index (χ2v) is 20.9. The van der Waals surface area contributed by atoms with Crippen LogP contribution in [0.3, 0.4) is 0 Å². The Bertz CT molecular complexity index is 2440. The molecular formula is C39H49B2BrN6O8S4. The molecule has 60 heavy (non-hydrogen) atoms. The number of primary amides is 2. The first kappa shape index (κ1) is 47.3. The minimum absolute atomic E-state index is 0.360. The summed E-state index contributed by atoms with van der Waals surface area (Å²) in [6.07, 6.45) is 2.83. The molecule has 2 fully saturated rings. The Morgan fingerprint density at radius 3 is 1.50 bits per heavy atom. The number of pyridine rings is 2. The second-order valence-electron chi connectivity index (χ2n) is 15.7. The zero-order chi connectivity index (χ0) is 44.5. The SMILES string of the molecule is CC1(C)OB(B2OC(C)(C)C(C)(C)O2)OC1(C)C.COc1sccc1-c1cc2c(N)ncc(C(N)=O)c2s1.COc1sccc1C.NC(=O)c1cnc(N)c2cc(Br)sc12. The number of halogens is 1. The Morgan fingerprint density at radius 1 is 0.683 bits per heavy atom. The van der Waals surface area contributed by atoms with E-state index in [1.807, 2.05) is 97.3 Å². The molecule has 0 aromatic carbocycles. The van der Waals surface area contributed by atoms with Gasteiger partial charge in [0.25, 0.3) is 11.8 Å². The van der Waals surface area contributed by atoms with Gasteiger partial charge in [-0.15, -0.1) is 45.3 Å². The van der Waals surface area contributed by atoms with Crippen molar-refractivity contribution in [3.63, 3.8) is 0 Å². The van der Waals surface area contributed by atoms with Crippen molar-refractivity contribution in [2.24, 2.45) is 11.5 Å². The number of methoxy groups -OCH3 is 2. The van der Waals surface area contributed by atoms with Crippen LogP contribution in [0.1, 0.15) is 81.7 Å². The van der Waals surface area contributed by atoms with Gasteiger partial charge in [0.2, 0.25) is 0 Å². The number of hydrogen-bond donors (Lipinski definition) is 4. The van der Waals surface area contributed by atoms with Crippen molar-refractivity contribution in [1.29, 1.82) is 0 Å². The summed E-state index contributed by atoms with van der Waals surface area (Å²) in [5, 5.41) is 7.32. The minimum Gasteiger partial charge on any atom is -0.487 e. The lowest BCUT2D eigenvalue weighted by Gasteiger charge is -2.32. The van der Waals surface area contributed by atoms with Crippen LogP contribution in [0.5, 0.6) is 10.1 Å². The number of thiophene rings is 4. The molecule has 0 atom stereocenters. The fourth-order valence-electron chi connectivity index (χ4n) is 5.74. The maximum absolute atomic E-state index is 11.5. The van der Waals surface area contributed by atoms with Crippen LogP contribution in [-0.4, -0.2) is 72.4 Å². The van der Waals surface area contributed by atoms with E-state index in [1.165, 1.54) is 52.0 Å². The molecule has 21 heteroatoms. The van der Waals surface area contributed by atoms with Crippen LogP contribution in [-0.2, 0) is 18.6 Å². The number of ether oxygens (including phenoxy) is 2. The molecule has 8 N–H and O–H groups in total. The number of aryl methyl sites for hydroxylation is 1. The highest BCUT2D eigenvalue weighted by Gasteiger charge is 2.63. The van der Waals surface area contributed by atoms with Crippen LogP contribution < -0.4 is 32.4 Å². The maximum Gasteiger partial charge on any atom is 0.488 e. The number of nitrogen functional groups attached to an aromatic ring is 2. The highest BCUT2D eigenvalue weighted by atomic mass is 79.9. The molecule has 14 nitrogen and oxygen atoms in total. The Labute approximate surface area is 374 Å². The van der Waals surface area contributed by atoms with E-state index in [9.17, 15) is 9.59 Å². The molecule has 2 aliphatic heterocycles. The average Bonchev–Trinajstić information content (AvgIpc) is 4.00. The zero-order valence-electron chi connectivity index (χ0n) is 35.3. The van der Waals surface area contributed by atoms with Gasteiger partial charge in [0, 0.05) is 39.2 Å². The number of rotatable bonds is 6. The van der Waals surface area contributed by atoms with Crippen molar-refractivity contribution in [2.45, 2.75) is 84.7 Å². The van der Waals surface area contributed by atoms with Crippen molar-refractivity contribution < 1.29 is 37.7 Å². The van der Waals surface area contributed by atoms with E-state index >= 15 is 0 Å². The van der Waals surface area contributed by atoms with Gasteiger partial charge in [0.05, 0.1) is 60.9 Å². The number of nitrogens with two attached hydrogens (primary N) is 4. The van der Waals surface area contributed by atoms with Crippen molar-refractivity contribution in [3.05, 3.63) is 67.9 Å². The fraction of sp³-hybridized carbons (Fsp3) is 0.385. The zero-order valence-corrected chi connectivity index (χ0v) is 40.1. The molecule has 8 heterocycles. The molecular weight excluding hydrogens is 910 g/mol. The molecule has 0 saturated carbocycles. The first-order chi connectivity index (χ1) is 27.9. The molecule has 0 bridgehead atoms. The quantitative estimate of drug-likeness (QED) is 0.115. The molecule has 6 aromatic rings. The molecule has 320 valence electrons. The van der Waals surface area contributed by atoms with Gasteiger partial charge < -0.3 is 51.0 Å². The third-order valence-electron chi connectivity index (χ3n) is 10.5. The molecule has 0 spiro atoms. The predicted molar refractivity (Wildman–Crippen MR) is 250 cm³/mol. The molecule has 0 aliphatic carbocycles. The number of nitrogens with zero attached hydrogens (tertiary/aromatic N) is 2. The van der Waals surface area contributed by atoms with Gasteiger partial charge in [0.1, 0.15) is 11.6 Å². The fourth-order valence-corrected chi connectivity index (χ4v) is 10.1. The summed E-state index contributed by atoms with van der Waals surface area (Å²) in [5.74, 6) is -0.196. The van der Waals surface area contributed by atoms with E-state index in [0.29, 0.717) is 22.8 Å². The molecule has 8 rings (SSSR count). The second kappa shape index (κ2) is 18.3. The van der Waals surface area contributed by atoms with Gasteiger partial charge in [-0.3, -0.25) is 9.59 Å². The lowest BCUT2D eigenvalue weighted by Crippen LogP contribution is -2.41. The van der Waals surface area contributed by atoms with Gasteiger partial charge >= 0.3 is 14.0 Å². The highest BCUT2D eigenvalue weighted by molar-refractivity contribution is 9.11. The molecule has 0 unspecified atom stereocenters. The summed E-state index contributed by atoms with van der Waals surface area (Å²) in [6, 6.07) is 7.76. The normalized spacial score (nSPS) is 16.9. The van der Waals surface area contributed by atoms with E-state index < -0.39 is 25.8 Å².